The Morgan fingerprint density at radius 3 is 2.50 bits per heavy atom. The second-order valence-electron chi connectivity index (χ2n) is 11.5. The quantitative estimate of drug-likeness (QED) is 0.545. The fraction of sp³-hybridized carbons (Fsp3) is 0.586. The number of Topliss-reactive ketones (excluding diaryl/α,β-unsaturated/α-hetero) is 1. The molecule has 2 aromatic rings. The van der Waals surface area contributed by atoms with Crippen LogP contribution < -0.4 is 15.5 Å². The van der Waals surface area contributed by atoms with E-state index < -0.39 is 11.6 Å². The standard InChI is InChI=1S/C29H38N6O4S/c1-30-21-16-35(24-23(36)17-39-25(21)24)27(38)29(10-4-3-5-11-29)32-26(37)20-8-6-19(7-9-20)22-18-40-28(31-22)34-14-12-33(2)13-15-34/h6-9,18,21,24-25,30H,3-5,10-17H2,1-2H3,(H,32,37)/t21-,24+,25-/m0/s1. The van der Waals surface area contributed by atoms with Gasteiger partial charge in [-0.1, -0.05) is 31.4 Å². The Morgan fingerprint density at radius 1 is 1.07 bits per heavy atom. The second kappa shape index (κ2) is 11.2. The van der Waals surface area contributed by atoms with E-state index in [9.17, 15) is 14.4 Å². The maximum Gasteiger partial charge on any atom is 0.252 e. The molecular formula is C29H38N6O4S. The summed E-state index contributed by atoms with van der Waals surface area (Å²) in [5.74, 6) is -0.502. The number of benzene rings is 1. The summed E-state index contributed by atoms with van der Waals surface area (Å²) in [5, 5.41) is 9.42. The van der Waals surface area contributed by atoms with Crippen molar-refractivity contribution in [3.63, 3.8) is 0 Å². The topological polar surface area (TPSA) is 107 Å². The summed E-state index contributed by atoms with van der Waals surface area (Å²) in [5.41, 5.74) is 1.34. The van der Waals surface area contributed by atoms with Crippen LogP contribution in [-0.2, 0) is 14.3 Å². The number of carbonyl (C=O) groups excluding carboxylic acids is 3. The average Bonchev–Trinajstić information content (AvgIpc) is 3.71. The molecule has 0 spiro atoms. The highest BCUT2D eigenvalue weighted by Gasteiger charge is 2.55. The first-order valence-electron chi connectivity index (χ1n) is 14.3. The summed E-state index contributed by atoms with van der Waals surface area (Å²) in [6.45, 7) is 4.42. The zero-order valence-electron chi connectivity index (χ0n) is 23.2. The van der Waals surface area contributed by atoms with E-state index in [1.807, 2.05) is 19.2 Å². The van der Waals surface area contributed by atoms with Crippen molar-refractivity contribution in [2.24, 2.45) is 0 Å². The third-order valence-electron chi connectivity index (χ3n) is 8.99. The smallest absolute Gasteiger partial charge is 0.252 e. The average molecular weight is 567 g/mol. The largest absolute Gasteiger partial charge is 0.366 e. The number of nitrogens with zero attached hydrogens (tertiary/aromatic N) is 4. The van der Waals surface area contributed by atoms with E-state index in [1.54, 1.807) is 28.4 Å². The number of rotatable bonds is 6. The van der Waals surface area contributed by atoms with Crippen molar-refractivity contribution in [2.45, 2.75) is 55.8 Å². The molecule has 4 heterocycles. The molecule has 214 valence electrons. The van der Waals surface area contributed by atoms with Crippen LogP contribution in [0.2, 0.25) is 0 Å². The van der Waals surface area contributed by atoms with E-state index in [0.717, 1.165) is 61.8 Å². The summed E-state index contributed by atoms with van der Waals surface area (Å²) < 4.78 is 5.73. The molecular weight excluding hydrogens is 528 g/mol. The molecule has 3 aliphatic heterocycles. The van der Waals surface area contributed by atoms with Gasteiger partial charge in [-0.15, -0.1) is 11.3 Å². The zero-order valence-corrected chi connectivity index (χ0v) is 24.0. The van der Waals surface area contributed by atoms with Gasteiger partial charge < -0.3 is 30.1 Å². The molecule has 4 fully saturated rings. The predicted molar refractivity (Wildman–Crippen MR) is 154 cm³/mol. The first-order chi connectivity index (χ1) is 19.4. The van der Waals surface area contributed by atoms with Crippen LogP contribution in [0.4, 0.5) is 5.13 Å². The molecule has 40 heavy (non-hydrogen) atoms. The Balaban J connectivity index is 1.17. The van der Waals surface area contributed by atoms with Gasteiger partial charge in [0.15, 0.2) is 10.9 Å². The van der Waals surface area contributed by atoms with E-state index in [0.29, 0.717) is 24.9 Å². The number of likely N-dealkylation sites (tertiary alicyclic amines) is 1. The number of fused-ring (bicyclic) bond motifs is 1. The van der Waals surface area contributed by atoms with Crippen LogP contribution in [0, 0.1) is 0 Å². The molecule has 1 aliphatic carbocycles. The molecule has 3 saturated heterocycles. The highest BCUT2D eigenvalue weighted by molar-refractivity contribution is 7.14. The minimum atomic E-state index is -1.02. The van der Waals surface area contributed by atoms with Gasteiger partial charge in [-0.3, -0.25) is 14.4 Å². The number of carbonyl (C=O) groups is 3. The van der Waals surface area contributed by atoms with Gasteiger partial charge in [-0.05, 0) is 39.1 Å². The summed E-state index contributed by atoms with van der Waals surface area (Å²) in [7, 11) is 3.96. The lowest BCUT2D eigenvalue weighted by Crippen LogP contribution is -2.62. The van der Waals surface area contributed by atoms with Gasteiger partial charge >= 0.3 is 0 Å². The Kier molecular flexibility index (Phi) is 7.64. The van der Waals surface area contributed by atoms with Gasteiger partial charge in [-0.25, -0.2) is 4.98 Å². The molecule has 0 radical (unpaired) electrons. The molecule has 4 aliphatic rings. The molecule has 10 nitrogen and oxygen atoms in total. The van der Waals surface area contributed by atoms with Crippen molar-refractivity contribution < 1.29 is 19.1 Å². The third-order valence-corrected chi connectivity index (χ3v) is 9.90. The number of thiazole rings is 1. The van der Waals surface area contributed by atoms with E-state index >= 15 is 0 Å². The Labute approximate surface area is 239 Å². The van der Waals surface area contributed by atoms with Crippen molar-refractivity contribution >= 4 is 34.1 Å². The fourth-order valence-electron chi connectivity index (χ4n) is 6.56. The van der Waals surface area contributed by atoms with Crippen molar-refractivity contribution in [1.82, 2.24) is 25.4 Å². The number of hydrogen-bond donors (Lipinski definition) is 2. The number of ketones is 1. The normalized spacial score (nSPS) is 26.6. The lowest BCUT2D eigenvalue weighted by molar-refractivity contribution is -0.143. The number of anilines is 1. The molecule has 11 heteroatoms. The molecule has 6 rings (SSSR count). The van der Waals surface area contributed by atoms with Crippen LogP contribution >= 0.6 is 11.3 Å². The predicted octanol–water partition coefficient (Wildman–Crippen LogP) is 1.76. The summed E-state index contributed by atoms with van der Waals surface area (Å²) in [4.78, 5) is 51.5. The highest BCUT2D eigenvalue weighted by Crippen LogP contribution is 2.36. The Bertz CT molecular complexity index is 1250. The van der Waals surface area contributed by atoms with E-state index in [-0.39, 0.29) is 36.4 Å². The lowest BCUT2D eigenvalue weighted by Gasteiger charge is -2.40. The minimum absolute atomic E-state index is 0.0266. The van der Waals surface area contributed by atoms with Crippen LogP contribution in [0.25, 0.3) is 11.3 Å². The number of ether oxygens (including phenoxy) is 1. The van der Waals surface area contributed by atoms with Gasteiger partial charge in [0.2, 0.25) is 5.91 Å². The van der Waals surface area contributed by atoms with Crippen LogP contribution in [0.1, 0.15) is 42.5 Å². The second-order valence-corrected chi connectivity index (χ2v) is 12.4. The number of piperazine rings is 1. The Hall–Kier alpha value is -2.86. The lowest BCUT2D eigenvalue weighted by atomic mass is 9.80. The SMILES string of the molecule is CN[C@H]1CN(C(=O)C2(NC(=O)c3ccc(-c4csc(N5CCN(C)CC5)n4)cc3)CCCCC2)[C@@H]2C(=O)CO[C@@H]12. The van der Waals surface area contributed by atoms with E-state index in [4.69, 9.17) is 9.72 Å². The molecule has 2 N–H and O–H groups in total. The van der Waals surface area contributed by atoms with Crippen molar-refractivity contribution in [3.8, 4) is 11.3 Å². The number of nitrogens with one attached hydrogen (secondary N) is 2. The molecule has 2 amide bonds. The zero-order chi connectivity index (χ0) is 27.9. The van der Waals surface area contributed by atoms with Crippen LogP contribution in [0.3, 0.4) is 0 Å². The van der Waals surface area contributed by atoms with Gasteiger partial charge in [0.25, 0.3) is 5.91 Å². The first kappa shape index (κ1) is 27.3. The monoisotopic (exact) mass is 566 g/mol. The molecule has 1 aromatic carbocycles. The van der Waals surface area contributed by atoms with Gasteiger partial charge in [0.1, 0.15) is 24.3 Å². The molecule has 0 unspecified atom stereocenters. The fourth-order valence-corrected chi connectivity index (χ4v) is 7.45. The maximum atomic E-state index is 14.1. The van der Waals surface area contributed by atoms with Crippen molar-refractivity contribution in [3.05, 3.63) is 35.2 Å². The van der Waals surface area contributed by atoms with Gasteiger partial charge in [-0.2, -0.15) is 0 Å². The van der Waals surface area contributed by atoms with Crippen LogP contribution in [0.5, 0.6) is 0 Å². The minimum Gasteiger partial charge on any atom is -0.366 e. The number of amides is 2. The summed E-state index contributed by atoms with van der Waals surface area (Å²) in [6, 6.07) is 6.75. The van der Waals surface area contributed by atoms with Crippen molar-refractivity contribution in [1.29, 1.82) is 0 Å². The van der Waals surface area contributed by atoms with Gasteiger partial charge in [0.05, 0.1) is 11.7 Å². The van der Waals surface area contributed by atoms with Crippen LogP contribution in [0.15, 0.2) is 29.6 Å². The molecule has 1 aromatic heterocycles. The number of aromatic nitrogens is 1. The summed E-state index contributed by atoms with van der Waals surface area (Å²) in [6.07, 6.45) is 3.52. The first-order valence-corrected chi connectivity index (χ1v) is 15.2. The van der Waals surface area contributed by atoms with E-state index in [1.165, 1.54) is 0 Å². The molecule has 0 bridgehead atoms. The third kappa shape index (κ3) is 5.04. The summed E-state index contributed by atoms with van der Waals surface area (Å²) >= 11 is 1.65. The highest BCUT2D eigenvalue weighted by atomic mass is 32.1. The van der Waals surface area contributed by atoms with Crippen molar-refractivity contribution in [2.75, 3.05) is 58.3 Å². The number of likely N-dealkylation sites (N-methyl/N-ethyl adjacent to an activating group) is 2. The van der Waals surface area contributed by atoms with E-state index in [2.05, 4.69) is 32.9 Å². The maximum absolute atomic E-state index is 14.1. The van der Waals surface area contributed by atoms with Crippen LogP contribution in [-0.4, -0.2) is 110 Å². The van der Waals surface area contributed by atoms with Gasteiger partial charge in [0, 0.05) is 49.2 Å². The number of hydrogen-bond acceptors (Lipinski definition) is 9. The Morgan fingerprint density at radius 2 is 1.80 bits per heavy atom. The molecule has 3 atom stereocenters. The molecule has 1 saturated carbocycles.